The van der Waals surface area contributed by atoms with E-state index in [2.05, 4.69) is 17.4 Å². The summed E-state index contributed by atoms with van der Waals surface area (Å²) in [7, 11) is 0. The Morgan fingerprint density at radius 3 is 2.42 bits per heavy atom. The molecular weight excluding hydrogens is 386 g/mol. The second kappa shape index (κ2) is 9.94. The highest BCUT2D eigenvalue weighted by Gasteiger charge is 2.15. The molecule has 5 nitrogen and oxygen atoms in total. The van der Waals surface area contributed by atoms with E-state index in [4.69, 9.17) is 9.72 Å². The maximum atomic E-state index is 12.8. The van der Waals surface area contributed by atoms with Gasteiger partial charge in [0.2, 0.25) is 5.91 Å². The van der Waals surface area contributed by atoms with Gasteiger partial charge in [-0.15, -0.1) is 0 Å². The van der Waals surface area contributed by atoms with Gasteiger partial charge in [-0.25, -0.2) is 4.98 Å². The summed E-state index contributed by atoms with van der Waals surface area (Å²) in [6.45, 7) is 2.56. The number of carbonyl (C=O) groups excluding carboxylic acids is 1. The summed E-state index contributed by atoms with van der Waals surface area (Å²) in [4.78, 5) is 17.5. The summed E-state index contributed by atoms with van der Waals surface area (Å²) in [5, 5.41) is 3.13. The van der Waals surface area contributed by atoms with E-state index in [1.165, 1.54) is 5.56 Å². The fraction of sp³-hybridized carbons (Fsp3) is 0.231. The summed E-state index contributed by atoms with van der Waals surface area (Å²) in [6.07, 6.45) is 1.83. The van der Waals surface area contributed by atoms with E-state index in [0.717, 1.165) is 35.4 Å². The van der Waals surface area contributed by atoms with Gasteiger partial charge in [-0.1, -0.05) is 60.7 Å². The number of benzene rings is 3. The topological polar surface area (TPSA) is 56.2 Å². The molecule has 3 aromatic carbocycles. The molecule has 0 spiro atoms. The molecule has 0 aliphatic carbocycles. The van der Waals surface area contributed by atoms with Crippen LogP contribution in [0, 0.1) is 0 Å². The standard InChI is InChI=1S/C26H27N3O2/c1-20(16-17-21-10-4-2-5-11-21)27-26(30)18-29-24-15-9-8-14-23(24)28-25(29)19-31-22-12-6-3-7-13-22/h2-15,20H,16-19H2,1H3,(H,27,30). The van der Waals surface area contributed by atoms with Gasteiger partial charge in [0.1, 0.15) is 24.7 Å². The van der Waals surface area contributed by atoms with E-state index < -0.39 is 0 Å². The molecule has 5 heteroatoms. The molecule has 0 bridgehead atoms. The Morgan fingerprint density at radius 2 is 1.65 bits per heavy atom. The van der Waals surface area contributed by atoms with Crippen molar-refractivity contribution in [2.45, 2.75) is 39.0 Å². The zero-order valence-corrected chi connectivity index (χ0v) is 17.7. The van der Waals surface area contributed by atoms with Crippen LogP contribution in [0.1, 0.15) is 24.7 Å². The Hall–Kier alpha value is -3.60. The SMILES string of the molecule is CC(CCc1ccccc1)NC(=O)Cn1c(COc2ccccc2)nc2ccccc21. The number of aryl methyl sites for hydroxylation is 1. The Morgan fingerprint density at radius 1 is 0.968 bits per heavy atom. The van der Waals surface area contributed by atoms with Crippen LogP contribution < -0.4 is 10.1 Å². The van der Waals surface area contributed by atoms with Gasteiger partial charge >= 0.3 is 0 Å². The highest BCUT2D eigenvalue weighted by Crippen LogP contribution is 2.18. The number of carbonyl (C=O) groups is 1. The number of nitrogens with one attached hydrogen (secondary N) is 1. The van der Waals surface area contributed by atoms with Crippen molar-refractivity contribution in [2.24, 2.45) is 0 Å². The summed E-state index contributed by atoms with van der Waals surface area (Å²) in [5.74, 6) is 1.49. The number of imidazole rings is 1. The van der Waals surface area contributed by atoms with Crippen LogP contribution >= 0.6 is 0 Å². The van der Waals surface area contributed by atoms with Crippen molar-refractivity contribution >= 4 is 16.9 Å². The van der Waals surface area contributed by atoms with Crippen molar-refractivity contribution in [1.82, 2.24) is 14.9 Å². The third-order valence-corrected chi connectivity index (χ3v) is 5.26. The number of nitrogens with zero attached hydrogens (tertiary/aromatic N) is 2. The molecule has 1 unspecified atom stereocenters. The predicted molar refractivity (Wildman–Crippen MR) is 123 cm³/mol. The van der Waals surface area contributed by atoms with E-state index in [-0.39, 0.29) is 18.5 Å². The summed E-state index contributed by atoms with van der Waals surface area (Å²) >= 11 is 0. The van der Waals surface area contributed by atoms with E-state index in [0.29, 0.717) is 6.61 Å². The van der Waals surface area contributed by atoms with Gasteiger partial charge in [0.05, 0.1) is 11.0 Å². The summed E-state index contributed by atoms with van der Waals surface area (Å²) in [5.41, 5.74) is 3.07. The lowest BCUT2D eigenvalue weighted by Gasteiger charge is -2.16. The molecule has 31 heavy (non-hydrogen) atoms. The molecule has 4 rings (SSSR count). The van der Waals surface area contributed by atoms with Crippen LogP contribution in [0.5, 0.6) is 5.75 Å². The summed E-state index contributed by atoms with van der Waals surface area (Å²) in [6, 6.07) is 27.9. The van der Waals surface area contributed by atoms with Gasteiger partial charge in [0.25, 0.3) is 0 Å². The van der Waals surface area contributed by atoms with E-state index in [1.807, 2.05) is 84.3 Å². The lowest BCUT2D eigenvalue weighted by Crippen LogP contribution is -2.35. The van der Waals surface area contributed by atoms with Crippen LogP contribution in [0.15, 0.2) is 84.9 Å². The van der Waals surface area contributed by atoms with Gasteiger partial charge in [-0.3, -0.25) is 4.79 Å². The second-order valence-electron chi connectivity index (χ2n) is 7.70. The number of amides is 1. The molecule has 0 aliphatic rings. The van der Waals surface area contributed by atoms with Crippen molar-refractivity contribution in [1.29, 1.82) is 0 Å². The monoisotopic (exact) mass is 413 g/mol. The lowest BCUT2D eigenvalue weighted by atomic mass is 10.1. The molecule has 0 saturated carbocycles. The minimum atomic E-state index is -0.0234. The average Bonchev–Trinajstić information content (AvgIpc) is 3.15. The number of ether oxygens (including phenoxy) is 1. The molecule has 1 heterocycles. The van der Waals surface area contributed by atoms with Crippen LogP contribution in [0.4, 0.5) is 0 Å². The van der Waals surface area contributed by atoms with Gasteiger partial charge in [0.15, 0.2) is 0 Å². The zero-order valence-electron chi connectivity index (χ0n) is 17.7. The molecular formula is C26H27N3O2. The largest absolute Gasteiger partial charge is 0.486 e. The Bertz CT molecular complexity index is 1120. The molecule has 0 fully saturated rings. The first kappa shape index (κ1) is 20.7. The van der Waals surface area contributed by atoms with Crippen LogP contribution in [-0.2, 0) is 24.4 Å². The Balaban J connectivity index is 1.42. The van der Waals surface area contributed by atoms with Crippen molar-refractivity contribution in [3.8, 4) is 5.75 Å². The van der Waals surface area contributed by atoms with Crippen molar-refractivity contribution < 1.29 is 9.53 Å². The first-order chi connectivity index (χ1) is 15.2. The number of fused-ring (bicyclic) bond motifs is 1. The molecule has 4 aromatic rings. The molecule has 1 amide bonds. The maximum absolute atomic E-state index is 12.8. The van der Waals surface area contributed by atoms with Crippen molar-refractivity contribution in [3.05, 3.63) is 96.3 Å². The quantitative estimate of drug-likeness (QED) is 0.431. The smallest absolute Gasteiger partial charge is 0.240 e. The fourth-order valence-electron chi connectivity index (χ4n) is 3.64. The van der Waals surface area contributed by atoms with E-state index in [1.54, 1.807) is 0 Å². The molecule has 0 saturated heterocycles. The van der Waals surface area contributed by atoms with E-state index >= 15 is 0 Å². The lowest BCUT2D eigenvalue weighted by molar-refractivity contribution is -0.122. The normalized spacial score (nSPS) is 11.9. The van der Waals surface area contributed by atoms with E-state index in [9.17, 15) is 4.79 Å². The molecule has 1 N–H and O–H groups in total. The minimum absolute atomic E-state index is 0.0234. The molecule has 1 aromatic heterocycles. The van der Waals surface area contributed by atoms with Crippen LogP contribution in [0.2, 0.25) is 0 Å². The summed E-state index contributed by atoms with van der Waals surface area (Å²) < 4.78 is 7.84. The van der Waals surface area contributed by atoms with Gasteiger partial charge in [0, 0.05) is 6.04 Å². The third kappa shape index (κ3) is 5.51. The highest BCUT2D eigenvalue weighted by atomic mass is 16.5. The molecule has 1 atom stereocenters. The van der Waals surface area contributed by atoms with Crippen LogP contribution in [0.3, 0.4) is 0 Å². The zero-order chi connectivity index (χ0) is 21.5. The van der Waals surface area contributed by atoms with Crippen molar-refractivity contribution in [3.63, 3.8) is 0 Å². The Kier molecular flexibility index (Phi) is 6.62. The first-order valence-corrected chi connectivity index (χ1v) is 10.6. The van der Waals surface area contributed by atoms with Crippen LogP contribution in [0.25, 0.3) is 11.0 Å². The van der Waals surface area contributed by atoms with Crippen LogP contribution in [-0.4, -0.2) is 21.5 Å². The molecule has 0 aliphatic heterocycles. The number of hydrogen-bond donors (Lipinski definition) is 1. The van der Waals surface area contributed by atoms with Gasteiger partial charge in [-0.05, 0) is 49.6 Å². The maximum Gasteiger partial charge on any atom is 0.240 e. The van der Waals surface area contributed by atoms with Gasteiger partial charge in [-0.2, -0.15) is 0 Å². The number of para-hydroxylation sites is 3. The number of rotatable bonds is 9. The minimum Gasteiger partial charge on any atom is -0.486 e. The number of aromatic nitrogens is 2. The predicted octanol–water partition coefficient (Wildman–Crippen LogP) is 4.75. The second-order valence-corrected chi connectivity index (χ2v) is 7.70. The molecule has 0 radical (unpaired) electrons. The van der Waals surface area contributed by atoms with Gasteiger partial charge < -0.3 is 14.6 Å². The number of hydrogen-bond acceptors (Lipinski definition) is 3. The Labute approximate surface area is 182 Å². The highest BCUT2D eigenvalue weighted by molar-refractivity contribution is 5.81. The fourth-order valence-corrected chi connectivity index (χ4v) is 3.64. The average molecular weight is 414 g/mol. The van der Waals surface area contributed by atoms with Crippen molar-refractivity contribution in [2.75, 3.05) is 0 Å². The first-order valence-electron chi connectivity index (χ1n) is 10.6. The molecule has 158 valence electrons. The third-order valence-electron chi connectivity index (χ3n) is 5.26.